The minimum absolute atomic E-state index is 0. The highest BCUT2D eigenvalue weighted by Gasteiger charge is 2.30. The molecule has 0 aromatic carbocycles. The second kappa shape index (κ2) is 5.99. The van der Waals surface area contributed by atoms with E-state index in [2.05, 4.69) is 22.0 Å². The molecule has 5 nitrogen and oxygen atoms in total. The summed E-state index contributed by atoms with van der Waals surface area (Å²) in [6, 6.07) is 0.719. The Morgan fingerprint density at radius 3 is 2.56 bits per heavy atom. The Morgan fingerprint density at radius 2 is 2.11 bits per heavy atom. The van der Waals surface area contributed by atoms with Gasteiger partial charge >= 0.3 is 0 Å². The minimum Gasteiger partial charge on any atom is -0.338 e. The van der Waals surface area contributed by atoms with Crippen molar-refractivity contribution in [3.05, 3.63) is 11.7 Å². The third-order valence-corrected chi connectivity index (χ3v) is 2.96. The SMILES string of the molecule is CCCN(Cc1nc(C(C)(C)N)no1)C1CC1.Cl. The fourth-order valence-electron chi connectivity index (χ4n) is 1.87. The smallest absolute Gasteiger partial charge is 0.240 e. The molecule has 1 aromatic rings. The summed E-state index contributed by atoms with van der Waals surface area (Å²) in [6.45, 7) is 7.80. The predicted molar refractivity (Wildman–Crippen MR) is 72.5 cm³/mol. The molecule has 6 heteroatoms. The van der Waals surface area contributed by atoms with Crippen molar-refractivity contribution in [2.45, 2.75) is 58.2 Å². The summed E-state index contributed by atoms with van der Waals surface area (Å²) in [4.78, 5) is 6.79. The van der Waals surface area contributed by atoms with Crippen molar-refractivity contribution in [3.8, 4) is 0 Å². The number of halogens is 1. The molecule has 2 N–H and O–H groups in total. The van der Waals surface area contributed by atoms with Gasteiger partial charge in [0.1, 0.15) is 0 Å². The van der Waals surface area contributed by atoms with Gasteiger partial charge in [0.15, 0.2) is 5.82 Å². The van der Waals surface area contributed by atoms with E-state index in [1.165, 1.54) is 12.8 Å². The topological polar surface area (TPSA) is 68.2 Å². The van der Waals surface area contributed by atoms with Gasteiger partial charge in [0.25, 0.3) is 0 Å². The Morgan fingerprint density at radius 1 is 1.44 bits per heavy atom. The van der Waals surface area contributed by atoms with E-state index in [1.807, 2.05) is 13.8 Å². The van der Waals surface area contributed by atoms with E-state index in [-0.39, 0.29) is 12.4 Å². The molecule has 0 radical (unpaired) electrons. The monoisotopic (exact) mass is 274 g/mol. The molecule has 2 rings (SSSR count). The normalized spacial score (nSPS) is 15.8. The van der Waals surface area contributed by atoms with Crippen LogP contribution in [0.1, 0.15) is 51.7 Å². The molecule has 1 fully saturated rings. The summed E-state index contributed by atoms with van der Waals surface area (Å²) in [7, 11) is 0. The lowest BCUT2D eigenvalue weighted by molar-refractivity contribution is 0.217. The first-order valence-corrected chi connectivity index (χ1v) is 6.36. The highest BCUT2D eigenvalue weighted by atomic mass is 35.5. The van der Waals surface area contributed by atoms with Crippen molar-refractivity contribution >= 4 is 12.4 Å². The Kier molecular flexibility index (Phi) is 5.13. The zero-order valence-corrected chi connectivity index (χ0v) is 12.2. The number of hydrogen-bond donors (Lipinski definition) is 1. The third kappa shape index (κ3) is 3.93. The number of nitrogens with zero attached hydrogens (tertiary/aromatic N) is 3. The van der Waals surface area contributed by atoms with Crippen LogP contribution in [0.3, 0.4) is 0 Å². The predicted octanol–water partition coefficient (Wildman–Crippen LogP) is 2.06. The fraction of sp³-hybridized carbons (Fsp3) is 0.833. The van der Waals surface area contributed by atoms with Crippen LogP contribution in [-0.2, 0) is 12.1 Å². The molecule has 1 aliphatic carbocycles. The van der Waals surface area contributed by atoms with E-state index in [0.717, 1.165) is 25.6 Å². The first-order chi connectivity index (χ1) is 8.00. The van der Waals surface area contributed by atoms with Crippen molar-refractivity contribution < 1.29 is 4.52 Å². The Bertz CT molecular complexity index is 370. The zero-order valence-electron chi connectivity index (χ0n) is 11.3. The molecule has 1 saturated carbocycles. The number of nitrogens with two attached hydrogens (primary N) is 1. The van der Waals surface area contributed by atoms with Gasteiger partial charge in [-0.1, -0.05) is 12.1 Å². The van der Waals surface area contributed by atoms with Crippen LogP contribution in [0, 0.1) is 0 Å². The average molecular weight is 275 g/mol. The molecule has 104 valence electrons. The molecule has 1 aliphatic rings. The lowest BCUT2D eigenvalue weighted by atomic mass is 10.1. The molecule has 0 unspecified atom stereocenters. The molecule has 1 aromatic heterocycles. The molecule has 0 spiro atoms. The Balaban J connectivity index is 0.00000162. The highest BCUT2D eigenvalue weighted by molar-refractivity contribution is 5.85. The molecule has 18 heavy (non-hydrogen) atoms. The number of rotatable bonds is 6. The van der Waals surface area contributed by atoms with Gasteiger partial charge in [-0.15, -0.1) is 12.4 Å². The lowest BCUT2D eigenvalue weighted by Crippen LogP contribution is -2.30. The van der Waals surface area contributed by atoms with Crippen LogP contribution < -0.4 is 5.73 Å². The van der Waals surface area contributed by atoms with Gasteiger partial charge in [-0.25, -0.2) is 0 Å². The molecule has 0 aliphatic heterocycles. The Labute approximate surface area is 115 Å². The van der Waals surface area contributed by atoms with Gasteiger partial charge < -0.3 is 10.3 Å². The number of hydrogen-bond acceptors (Lipinski definition) is 5. The van der Waals surface area contributed by atoms with Crippen LogP contribution in [0.4, 0.5) is 0 Å². The van der Waals surface area contributed by atoms with E-state index >= 15 is 0 Å². The third-order valence-electron chi connectivity index (χ3n) is 2.96. The molecule has 0 amide bonds. The summed E-state index contributed by atoms with van der Waals surface area (Å²) < 4.78 is 5.26. The zero-order chi connectivity index (χ0) is 12.5. The summed E-state index contributed by atoms with van der Waals surface area (Å²) in [5.74, 6) is 1.26. The van der Waals surface area contributed by atoms with Crippen molar-refractivity contribution in [3.63, 3.8) is 0 Å². The van der Waals surface area contributed by atoms with E-state index in [4.69, 9.17) is 10.3 Å². The number of aromatic nitrogens is 2. The van der Waals surface area contributed by atoms with Crippen LogP contribution in [0.15, 0.2) is 4.52 Å². The van der Waals surface area contributed by atoms with Gasteiger partial charge in [-0.2, -0.15) is 4.98 Å². The highest BCUT2D eigenvalue weighted by Crippen LogP contribution is 2.28. The van der Waals surface area contributed by atoms with E-state index < -0.39 is 5.54 Å². The molecule has 0 atom stereocenters. The van der Waals surface area contributed by atoms with Gasteiger partial charge in [-0.05, 0) is 39.7 Å². The van der Waals surface area contributed by atoms with Crippen molar-refractivity contribution in [2.75, 3.05) is 6.54 Å². The van der Waals surface area contributed by atoms with Gasteiger partial charge in [0.05, 0.1) is 12.1 Å². The van der Waals surface area contributed by atoms with Gasteiger partial charge in [0.2, 0.25) is 5.89 Å². The van der Waals surface area contributed by atoms with Crippen molar-refractivity contribution in [1.29, 1.82) is 0 Å². The standard InChI is InChI=1S/C12H22N4O.ClH/c1-4-7-16(9-5-6-9)8-10-14-11(15-17-10)12(2,3)13;/h9H,4-8,13H2,1-3H3;1H. The first kappa shape index (κ1) is 15.4. The maximum Gasteiger partial charge on any atom is 0.240 e. The summed E-state index contributed by atoms with van der Waals surface area (Å²) >= 11 is 0. The molecule has 0 saturated heterocycles. The van der Waals surface area contributed by atoms with Crippen LogP contribution in [0.2, 0.25) is 0 Å². The van der Waals surface area contributed by atoms with E-state index in [9.17, 15) is 0 Å². The summed E-state index contributed by atoms with van der Waals surface area (Å²) in [6.07, 6.45) is 3.74. The summed E-state index contributed by atoms with van der Waals surface area (Å²) in [5, 5.41) is 3.94. The van der Waals surface area contributed by atoms with Gasteiger partial charge in [-0.3, -0.25) is 4.90 Å². The van der Waals surface area contributed by atoms with Gasteiger partial charge in [0, 0.05) is 6.04 Å². The maximum atomic E-state index is 5.93. The van der Waals surface area contributed by atoms with Crippen LogP contribution in [0.5, 0.6) is 0 Å². The molecule has 1 heterocycles. The van der Waals surface area contributed by atoms with Crippen LogP contribution in [-0.4, -0.2) is 27.6 Å². The molecular weight excluding hydrogens is 252 g/mol. The minimum atomic E-state index is -0.531. The Hall–Kier alpha value is -0.650. The largest absolute Gasteiger partial charge is 0.338 e. The lowest BCUT2D eigenvalue weighted by Gasteiger charge is -2.18. The van der Waals surface area contributed by atoms with E-state index in [0.29, 0.717) is 11.7 Å². The molecule has 0 bridgehead atoms. The maximum absolute atomic E-state index is 5.93. The van der Waals surface area contributed by atoms with E-state index in [1.54, 1.807) is 0 Å². The average Bonchev–Trinajstić information content (AvgIpc) is 2.96. The van der Waals surface area contributed by atoms with Crippen molar-refractivity contribution in [1.82, 2.24) is 15.0 Å². The first-order valence-electron chi connectivity index (χ1n) is 6.36. The van der Waals surface area contributed by atoms with Crippen molar-refractivity contribution in [2.24, 2.45) is 5.73 Å². The van der Waals surface area contributed by atoms with Crippen LogP contribution >= 0.6 is 12.4 Å². The fourth-order valence-corrected chi connectivity index (χ4v) is 1.87. The second-order valence-corrected chi connectivity index (χ2v) is 5.44. The van der Waals surface area contributed by atoms with Crippen LogP contribution in [0.25, 0.3) is 0 Å². The second-order valence-electron chi connectivity index (χ2n) is 5.44. The quantitative estimate of drug-likeness (QED) is 0.860. The summed E-state index contributed by atoms with van der Waals surface area (Å²) in [5.41, 5.74) is 5.40. The molecular formula is C12H23ClN4O.